The van der Waals surface area contributed by atoms with Gasteiger partial charge in [-0.1, -0.05) is 0 Å². The van der Waals surface area contributed by atoms with Gasteiger partial charge in [0.05, 0.1) is 0 Å². The fourth-order valence-electron chi connectivity index (χ4n) is 0.983. The highest BCUT2D eigenvalue weighted by atomic mass is 19.1. The van der Waals surface area contributed by atoms with Crippen molar-refractivity contribution < 1.29 is 14.3 Å². The summed E-state index contributed by atoms with van der Waals surface area (Å²) in [6, 6.07) is 1.13. The summed E-state index contributed by atoms with van der Waals surface area (Å²) in [7, 11) is 0. The number of hydrogen-bond acceptors (Lipinski definition) is 3. The summed E-state index contributed by atoms with van der Waals surface area (Å²) in [5.41, 5.74) is -0.372. The zero-order valence-corrected chi connectivity index (χ0v) is 7.91. The van der Waals surface area contributed by atoms with Gasteiger partial charge in [0.15, 0.2) is 11.6 Å². The highest BCUT2D eigenvalue weighted by Crippen LogP contribution is 2.15. The van der Waals surface area contributed by atoms with Crippen LogP contribution in [0.1, 0.15) is 24.2 Å². The van der Waals surface area contributed by atoms with Gasteiger partial charge in [0, 0.05) is 12.2 Å². The molecule has 0 aliphatic rings. The molecule has 0 amide bonds. The summed E-state index contributed by atoms with van der Waals surface area (Å²) in [4.78, 5) is 14.3. The second-order valence-electron chi connectivity index (χ2n) is 3.13. The van der Waals surface area contributed by atoms with Gasteiger partial charge in [0.1, 0.15) is 5.56 Å². The van der Waals surface area contributed by atoms with Crippen molar-refractivity contribution in [2.75, 3.05) is 5.32 Å². The second kappa shape index (κ2) is 4.04. The summed E-state index contributed by atoms with van der Waals surface area (Å²) in [6.45, 7) is 3.63. The molecule has 1 heterocycles. The van der Waals surface area contributed by atoms with Crippen molar-refractivity contribution in [2.24, 2.45) is 0 Å². The van der Waals surface area contributed by atoms with Gasteiger partial charge in [-0.05, 0) is 19.9 Å². The van der Waals surface area contributed by atoms with Gasteiger partial charge < -0.3 is 10.4 Å². The molecule has 0 bridgehead atoms. The molecule has 0 atom stereocenters. The molecular weight excluding hydrogens is 187 g/mol. The van der Waals surface area contributed by atoms with Gasteiger partial charge in [-0.3, -0.25) is 0 Å². The van der Waals surface area contributed by atoms with E-state index in [4.69, 9.17) is 5.11 Å². The Labute approximate surface area is 80.8 Å². The number of carboxylic acids is 1. The smallest absolute Gasteiger partial charge is 0.338 e. The van der Waals surface area contributed by atoms with Gasteiger partial charge in [0.25, 0.3) is 0 Å². The molecule has 5 heteroatoms. The van der Waals surface area contributed by atoms with Crippen LogP contribution in [0.5, 0.6) is 0 Å². The van der Waals surface area contributed by atoms with Crippen LogP contribution < -0.4 is 5.32 Å². The Hall–Kier alpha value is -1.65. The average molecular weight is 198 g/mol. The molecule has 0 aliphatic heterocycles. The first-order valence-electron chi connectivity index (χ1n) is 4.16. The number of aromatic nitrogens is 1. The minimum Gasteiger partial charge on any atom is -0.478 e. The Balaban J connectivity index is 3.07. The van der Waals surface area contributed by atoms with Gasteiger partial charge in [-0.15, -0.1) is 0 Å². The molecule has 2 N–H and O–H groups in total. The summed E-state index contributed by atoms with van der Waals surface area (Å²) in [5.74, 6) is -2.15. The van der Waals surface area contributed by atoms with E-state index in [1.54, 1.807) is 0 Å². The minimum absolute atomic E-state index is 0.000967. The Bertz CT molecular complexity index is 353. The normalized spacial score (nSPS) is 10.3. The van der Waals surface area contributed by atoms with E-state index in [0.717, 1.165) is 6.07 Å². The highest BCUT2D eigenvalue weighted by Gasteiger charge is 2.14. The quantitative estimate of drug-likeness (QED) is 0.776. The van der Waals surface area contributed by atoms with Crippen LogP contribution in [-0.2, 0) is 0 Å². The van der Waals surface area contributed by atoms with Crippen molar-refractivity contribution in [3.05, 3.63) is 23.6 Å². The Morgan fingerprint density at radius 1 is 1.64 bits per heavy atom. The van der Waals surface area contributed by atoms with Crippen LogP contribution in [0.3, 0.4) is 0 Å². The predicted octanol–water partition coefficient (Wildman–Crippen LogP) is 1.74. The lowest BCUT2D eigenvalue weighted by Gasteiger charge is -2.10. The number of anilines is 1. The van der Waals surface area contributed by atoms with Crippen molar-refractivity contribution in [2.45, 2.75) is 19.9 Å². The first-order valence-corrected chi connectivity index (χ1v) is 4.16. The SMILES string of the molecule is CC(C)Nc1nccc(C(=O)O)c1F. The van der Waals surface area contributed by atoms with Gasteiger partial charge >= 0.3 is 5.97 Å². The maximum Gasteiger partial charge on any atom is 0.338 e. The maximum absolute atomic E-state index is 13.4. The Kier molecular flexibility index (Phi) is 3.01. The molecule has 0 aliphatic carbocycles. The summed E-state index contributed by atoms with van der Waals surface area (Å²) >= 11 is 0. The van der Waals surface area contributed by atoms with Crippen LogP contribution in [0.4, 0.5) is 10.2 Å². The fourth-order valence-corrected chi connectivity index (χ4v) is 0.983. The lowest BCUT2D eigenvalue weighted by Crippen LogP contribution is -2.14. The van der Waals surface area contributed by atoms with E-state index in [1.807, 2.05) is 13.8 Å². The van der Waals surface area contributed by atoms with E-state index in [0.29, 0.717) is 0 Å². The molecule has 14 heavy (non-hydrogen) atoms. The summed E-state index contributed by atoms with van der Waals surface area (Å²) in [5, 5.41) is 11.3. The molecule has 0 unspecified atom stereocenters. The number of aromatic carboxylic acids is 1. The number of rotatable bonds is 3. The molecule has 0 radical (unpaired) electrons. The monoisotopic (exact) mass is 198 g/mol. The van der Waals surface area contributed by atoms with Crippen molar-refractivity contribution >= 4 is 11.8 Å². The first-order chi connectivity index (χ1) is 6.52. The third-order valence-electron chi connectivity index (χ3n) is 1.55. The van der Waals surface area contributed by atoms with Crippen LogP contribution >= 0.6 is 0 Å². The number of pyridine rings is 1. The Morgan fingerprint density at radius 2 is 2.29 bits per heavy atom. The van der Waals surface area contributed by atoms with Crippen LogP contribution in [0, 0.1) is 5.82 Å². The number of carboxylic acid groups (broad SMARTS) is 1. The Morgan fingerprint density at radius 3 is 2.79 bits per heavy atom. The van der Waals surface area contributed by atoms with Crippen molar-refractivity contribution in [1.82, 2.24) is 4.98 Å². The zero-order chi connectivity index (χ0) is 10.7. The lowest BCUT2D eigenvalue weighted by molar-refractivity contribution is 0.0692. The molecule has 76 valence electrons. The van der Waals surface area contributed by atoms with E-state index in [-0.39, 0.29) is 17.4 Å². The molecule has 0 saturated heterocycles. The molecule has 0 saturated carbocycles. The third kappa shape index (κ3) is 2.18. The van der Waals surface area contributed by atoms with Crippen molar-refractivity contribution in [1.29, 1.82) is 0 Å². The molecule has 1 aromatic heterocycles. The van der Waals surface area contributed by atoms with Gasteiger partial charge in [-0.2, -0.15) is 0 Å². The average Bonchev–Trinajstić information content (AvgIpc) is 2.07. The van der Waals surface area contributed by atoms with E-state index in [2.05, 4.69) is 10.3 Å². The number of carbonyl (C=O) groups is 1. The van der Waals surface area contributed by atoms with Crippen LogP contribution in [0.2, 0.25) is 0 Å². The minimum atomic E-state index is -1.29. The molecule has 0 spiro atoms. The number of hydrogen-bond donors (Lipinski definition) is 2. The van der Waals surface area contributed by atoms with Crippen LogP contribution in [0.25, 0.3) is 0 Å². The van der Waals surface area contributed by atoms with Crippen LogP contribution in [-0.4, -0.2) is 22.1 Å². The van der Waals surface area contributed by atoms with Gasteiger partial charge in [-0.25, -0.2) is 14.2 Å². The molecular formula is C9H11FN2O2. The standard InChI is InChI=1S/C9H11FN2O2/c1-5(2)12-8-7(10)6(9(13)14)3-4-11-8/h3-5H,1-2H3,(H,11,12)(H,13,14). The topological polar surface area (TPSA) is 62.2 Å². The lowest BCUT2D eigenvalue weighted by atomic mass is 10.2. The van der Waals surface area contributed by atoms with E-state index in [1.165, 1.54) is 6.20 Å². The van der Waals surface area contributed by atoms with Gasteiger partial charge in [0.2, 0.25) is 0 Å². The maximum atomic E-state index is 13.4. The van der Waals surface area contributed by atoms with E-state index in [9.17, 15) is 9.18 Å². The third-order valence-corrected chi connectivity index (χ3v) is 1.55. The summed E-state index contributed by atoms with van der Waals surface area (Å²) in [6.07, 6.45) is 1.26. The highest BCUT2D eigenvalue weighted by molar-refractivity contribution is 5.88. The van der Waals surface area contributed by atoms with E-state index < -0.39 is 11.8 Å². The van der Waals surface area contributed by atoms with Crippen LogP contribution in [0.15, 0.2) is 12.3 Å². The molecule has 0 fully saturated rings. The first kappa shape index (κ1) is 10.4. The van der Waals surface area contributed by atoms with Crippen molar-refractivity contribution in [3.8, 4) is 0 Å². The number of nitrogens with zero attached hydrogens (tertiary/aromatic N) is 1. The van der Waals surface area contributed by atoms with E-state index >= 15 is 0 Å². The molecule has 0 aromatic carbocycles. The van der Waals surface area contributed by atoms with Crippen molar-refractivity contribution in [3.63, 3.8) is 0 Å². The number of halogens is 1. The number of nitrogens with one attached hydrogen (secondary N) is 1. The largest absolute Gasteiger partial charge is 0.478 e. The molecule has 1 aromatic rings. The fraction of sp³-hybridized carbons (Fsp3) is 0.333. The summed E-state index contributed by atoms with van der Waals surface area (Å²) < 4.78 is 13.4. The zero-order valence-electron chi connectivity index (χ0n) is 7.91. The molecule has 1 rings (SSSR count). The second-order valence-corrected chi connectivity index (χ2v) is 3.13. The molecule has 4 nitrogen and oxygen atoms in total. The predicted molar refractivity (Wildman–Crippen MR) is 49.9 cm³/mol.